The molecule has 0 aliphatic heterocycles. The van der Waals surface area contributed by atoms with E-state index in [9.17, 15) is 0 Å². The Morgan fingerprint density at radius 3 is 2.80 bits per heavy atom. The highest BCUT2D eigenvalue weighted by Crippen LogP contribution is 2.35. The number of rotatable bonds is 7. The monoisotopic (exact) mass is 313 g/mol. The number of aryl methyl sites for hydroxylation is 1. The Balaban J connectivity index is 2.44. The maximum Gasteiger partial charge on any atom is 0.161 e. The van der Waals surface area contributed by atoms with E-state index >= 15 is 0 Å². The van der Waals surface area contributed by atoms with Gasteiger partial charge in [0, 0.05) is 11.4 Å². The summed E-state index contributed by atoms with van der Waals surface area (Å²) < 4.78 is 8.28. The molecule has 0 bridgehead atoms. The van der Waals surface area contributed by atoms with Gasteiger partial charge in [0.1, 0.15) is 5.69 Å². The minimum atomic E-state index is 0.0569. The highest BCUT2D eigenvalue weighted by atomic mass is 35.5. The molecular weight excluding hydrogens is 294 g/mol. The molecule has 0 saturated carbocycles. The normalized spacial score (nSPS) is 12.6. The van der Waals surface area contributed by atoms with E-state index < -0.39 is 0 Å². The van der Waals surface area contributed by atoms with Crippen molar-refractivity contribution in [3.05, 3.63) is 33.2 Å². The summed E-state index contributed by atoms with van der Waals surface area (Å²) in [6.45, 7) is 5.97. The van der Waals surface area contributed by atoms with E-state index in [2.05, 4.69) is 30.3 Å². The lowest BCUT2D eigenvalue weighted by atomic mass is 10.1. The van der Waals surface area contributed by atoms with E-state index in [1.807, 2.05) is 10.7 Å². The Hall–Kier alpha value is -1.04. The molecule has 6 heteroatoms. The topological polar surface area (TPSA) is 39.1 Å². The molecule has 0 aromatic carbocycles. The number of aromatic nitrogens is 2. The van der Waals surface area contributed by atoms with Crippen LogP contribution < -0.4 is 10.1 Å². The fourth-order valence-corrected chi connectivity index (χ4v) is 3.38. The van der Waals surface area contributed by atoms with Crippen molar-refractivity contribution >= 4 is 22.9 Å². The van der Waals surface area contributed by atoms with Gasteiger partial charge in [0.15, 0.2) is 5.75 Å². The summed E-state index contributed by atoms with van der Waals surface area (Å²) in [6.07, 6.45) is 2.81. The summed E-state index contributed by atoms with van der Waals surface area (Å²) in [5.41, 5.74) is 1.06. The predicted octanol–water partition coefficient (Wildman–Crippen LogP) is 3.72. The molecule has 2 aromatic rings. The number of halogens is 1. The van der Waals surface area contributed by atoms with Crippen LogP contribution in [0.5, 0.6) is 5.75 Å². The summed E-state index contributed by atoms with van der Waals surface area (Å²) in [5, 5.41) is 7.93. The van der Waals surface area contributed by atoms with Gasteiger partial charge in [0.2, 0.25) is 0 Å². The summed E-state index contributed by atoms with van der Waals surface area (Å²) in [7, 11) is 1.68. The third kappa shape index (κ3) is 3.16. The van der Waals surface area contributed by atoms with Gasteiger partial charge in [-0.15, -0.1) is 11.3 Å². The SMILES string of the molecule is CCCn1ncc(OC)c1C(NCC)c1ccc(Cl)s1. The molecule has 0 aliphatic carbocycles. The van der Waals surface area contributed by atoms with Crippen molar-refractivity contribution in [3.8, 4) is 5.75 Å². The van der Waals surface area contributed by atoms with Gasteiger partial charge in [-0.1, -0.05) is 25.4 Å². The van der Waals surface area contributed by atoms with Crippen molar-refractivity contribution < 1.29 is 4.74 Å². The van der Waals surface area contributed by atoms with Crippen LogP contribution in [0.4, 0.5) is 0 Å². The number of methoxy groups -OCH3 is 1. The van der Waals surface area contributed by atoms with Crippen LogP contribution >= 0.6 is 22.9 Å². The van der Waals surface area contributed by atoms with Gasteiger partial charge in [0.05, 0.1) is 23.7 Å². The van der Waals surface area contributed by atoms with Crippen LogP contribution in [-0.2, 0) is 6.54 Å². The summed E-state index contributed by atoms with van der Waals surface area (Å²) >= 11 is 7.66. The van der Waals surface area contributed by atoms with Gasteiger partial charge in [-0.25, -0.2) is 0 Å². The van der Waals surface area contributed by atoms with Crippen LogP contribution in [0, 0.1) is 0 Å². The lowest BCUT2D eigenvalue weighted by molar-refractivity contribution is 0.399. The van der Waals surface area contributed by atoms with Crippen LogP contribution in [0.15, 0.2) is 18.3 Å². The first-order chi connectivity index (χ1) is 9.71. The zero-order chi connectivity index (χ0) is 14.5. The second kappa shape index (κ2) is 7.11. The molecule has 0 amide bonds. The molecule has 0 fully saturated rings. The zero-order valence-corrected chi connectivity index (χ0v) is 13.6. The fourth-order valence-electron chi connectivity index (χ4n) is 2.24. The number of thiophene rings is 1. The maximum absolute atomic E-state index is 6.08. The number of ether oxygens (including phenoxy) is 1. The van der Waals surface area contributed by atoms with Crippen LogP contribution in [0.1, 0.15) is 36.9 Å². The van der Waals surface area contributed by atoms with E-state index in [-0.39, 0.29) is 6.04 Å². The number of hydrogen-bond donors (Lipinski definition) is 1. The minimum absolute atomic E-state index is 0.0569. The molecule has 2 aromatic heterocycles. The standard InChI is InChI=1S/C14H20ClN3OS/c1-4-8-18-14(10(19-3)9-17-18)13(16-5-2)11-6-7-12(15)20-11/h6-7,9,13,16H,4-5,8H2,1-3H3. The van der Waals surface area contributed by atoms with E-state index in [4.69, 9.17) is 16.3 Å². The molecule has 0 aliphatic rings. The van der Waals surface area contributed by atoms with Crippen LogP contribution in [0.3, 0.4) is 0 Å². The van der Waals surface area contributed by atoms with Gasteiger partial charge in [0.25, 0.3) is 0 Å². The molecule has 110 valence electrons. The smallest absolute Gasteiger partial charge is 0.161 e. The molecule has 0 spiro atoms. The summed E-state index contributed by atoms with van der Waals surface area (Å²) in [6, 6.07) is 4.04. The molecule has 2 rings (SSSR count). The lowest BCUT2D eigenvalue weighted by Crippen LogP contribution is -2.24. The van der Waals surface area contributed by atoms with Gasteiger partial charge in [-0.05, 0) is 25.1 Å². The third-order valence-electron chi connectivity index (χ3n) is 3.06. The summed E-state index contributed by atoms with van der Waals surface area (Å²) in [4.78, 5) is 1.17. The van der Waals surface area contributed by atoms with Crippen molar-refractivity contribution in [2.75, 3.05) is 13.7 Å². The molecule has 1 atom stereocenters. The second-order valence-corrected chi connectivity index (χ2v) is 6.20. The quantitative estimate of drug-likeness (QED) is 0.847. The highest BCUT2D eigenvalue weighted by molar-refractivity contribution is 7.16. The van der Waals surface area contributed by atoms with Gasteiger partial charge < -0.3 is 10.1 Å². The molecule has 1 unspecified atom stereocenters. The van der Waals surface area contributed by atoms with E-state index in [1.165, 1.54) is 4.88 Å². The number of nitrogens with zero attached hydrogens (tertiary/aromatic N) is 2. The van der Waals surface area contributed by atoms with Gasteiger partial charge in [-0.2, -0.15) is 5.10 Å². The molecule has 2 heterocycles. The van der Waals surface area contributed by atoms with Crippen molar-refractivity contribution in [2.24, 2.45) is 0 Å². The fraction of sp³-hybridized carbons (Fsp3) is 0.500. The Morgan fingerprint density at radius 2 is 2.25 bits per heavy atom. The van der Waals surface area contributed by atoms with Crippen LogP contribution in [0.2, 0.25) is 4.34 Å². The van der Waals surface area contributed by atoms with Crippen molar-refractivity contribution in [2.45, 2.75) is 32.9 Å². The van der Waals surface area contributed by atoms with Crippen molar-refractivity contribution in [1.29, 1.82) is 0 Å². The largest absolute Gasteiger partial charge is 0.493 e. The van der Waals surface area contributed by atoms with Gasteiger partial charge in [-0.3, -0.25) is 4.68 Å². The van der Waals surface area contributed by atoms with Crippen molar-refractivity contribution in [3.63, 3.8) is 0 Å². The number of nitrogens with one attached hydrogen (secondary N) is 1. The van der Waals surface area contributed by atoms with E-state index in [0.29, 0.717) is 0 Å². The lowest BCUT2D eigenvalue weighted by Gasteiger charge is -2.19. The highest BCUT2D eigenvalue weighted by Gasteiger charge is 2.24. The molecule has 1 N–H and O–H groups in total. The van der Waals surface area contributed by atoms with Crippen molar-refractivity contribution in [1.82, 2.24) is 15.1 Å². The molecule has 0 saturated heterocycles. The van der Waals surface area contributed by atoms with E-state index in [0.717, 1.165) is 35.3 Å². The predicted molar refractivity (Wildman–Crippen MR) is 83.9 cm³/mol. The summed E-state index contributed by atoms with van der Waals surface area (Å²) in [5.74, 6) is 0.814. The Bertz CT molecular complexity index is 552. The zero-order valence-electron chi connectivity index (χ0n) is 12.0. The maximum atomic E-state index is 6.08. The van der Waals surface area contributed by atoms with E-state index in [1.54, 1.807) is 24.6 Å². The first-order valence-electron chi connectivity index (χ1n) is 6.79. The second-order valence-electron chi connectivity index (χ2n) is 4.45. The molecular formula is C14H20ClN3OS. The average molecular weight is 314 g/mol. The molecule has 0 radical (unpaired) electrons. The van der Waals surface area contributed by atoms with Crippen LogP contribution in [0.25, 0.3) is 0 Å². The first kappa shape index (κ1) is 15.4. The van der Waals surface area contributed by atoms with Crippen LogP contribution in [-0.4, -0.2) is 23.4 Å². The first-order valence-corrected chi connectivity index (χ1v) is 7.99. The Labute approximate surface area is 128 Å². The number of hydrogen-bond acceptors (Lipinski definition) is 4. The average Bonchev–Trinajstić information content (AvgIpc) is 3.03. The third-order valence-corrected chi connectivity index (χ3v) is 4.36. The Morgan fingerprint density at radius 1 is 1.45 bits per heavy atom. The molecule has 20 heavy (non-hydrogen) atoms. The Kier molecular flexibility index (Phi) is 5.46. The molecule has 4 nitrogen and oxygen atoms in total. The minimum Gasteiger partial charge on any atom is -0.493 e. The van der Waals surface area contributed by atoms with Gasteiger partial charge >= 0.3 is 0 Å².